The Morgan fingerprint density at radius 2 is 1.73 bits per heavy atom. The van der Waals surface area contributed by atoms with Gasteiger partial charge in [0, 0.05) is 17.6 Å². The molecule has 0 amide bonds. The van der Waals surface area contributed by atoms with E-state index in [1.807, 2.05) is 6.07 Å². The Hall–Kier alpha value is -2.60. The Morgan fingerprint density at radius 3 is 2.50 bits per heavy atom. The Labute approximate surface area is 151 Å². The monoisotopic (exact) mass is 355 g/mol. The summed E-state index contributed by atoms with van der Waals surface area (Å²) in [6, 6.07) is 6.53. The largest absolute Gasteiger partial charge is 0.504 e. The fourth-order valence-electron chi connectivity index (χ4n) is 4.58. The summed E-state index contributed by atoms with van der Waals surface area (Å²) < 4.78 is 22.0. The number of methoxy groups -OCH3 is 2. The highest BCUT2D eigenvalue weighted by Gasteiger charge is 2.41. The Bertz CT molecular complexity index is 910. The molecule has 3 aliphatic rings. The van der Waals surface area contributed by atoms with Crippen LogP contribution in [0.5, 0.6) is 28.7 Å². The van der Waals surface area contributed by atoms with Gasteiger partial charge in [-0.05, 0) is 54.8 Å². The average molecular weight is 355 g/mol. The molecule has 0 aliphatic carbocycles. The maximum atomic E-state index is 10.8. The smallest absolute Gasteiger partial charge is 0.231 e. The lowest BCUT2D eigenvalue weighted by Gasteiger charge is -2.46. The number of phenolic OH excluding ortho intramolecular Hbond substituents is 1. The van der Waals surface area contributed by atoms with Crippen molar-refractivity contribution in [3.8, 4) is 28.7 Å². The van der Waals surface area contributed by atoms with Crippen molar-refractivity contribution in [1.29, 1.82) is 0 Å². The van der Waals surface area contributed by atoms with E-state index in [9.17, 15) is 5.11 Å². The van der Waals surface area contributed by atoms with Gasteiger partial charge in [0.05, 0.1) is 14.2 Å². The van der Waals surface area contributed by atoms with Gasteiger partial charge in [-0.3, -0.25) is 4.90 Å². The molecule has 0 fully saturated rings. The van der Waals surface area contributed by atoms with Crippen LogP contribution in [0.2, 0.25) is 0 Å². The van der Waals surface area contributed by atoms with Crippen LogP contribution in [0.25, 0.3) is 0 Å². The first-order valence-electron chi connectivity index (χ1n) is 8.73. The van der Waals surface area contributed by atoms with Crippen LogP contribution in [0.1, 0.15) is 34.3 Å². The van der Waals surface area contributed by atoms with Crippen molar-refractivity contribution in [2.24, 2.45) is 0 Å². The maximum Gasteiger partial charge on any atom is 0.231 e. The molecule has 0 spiro atoms. The lowest BCUT2D eigenvalue weighted by Crippen LogP contribution is -2.40. The molecule has 0 saturated carbocycles. The second-order valence-corrected chi connectivity index (χ2v) is 7.04. The number of phenols is 1. The van der Waals surface area contributed by atoms with E-state index in [1.165, 1.54) is 11.1 Å². The van der Waals surface area contributed by atoms with Crippen LogP contribution >= 0.6 is 0 Å². The van der Waals surface area contributed by atoms with Crippen molar-refractivity contribution in [3.63, 3.8) is 0 Å². The second kappa shape index (κ2) is 5.45. The highest BCUT2D eigenvalue weighted by molar-refractivity contribution is 5.62. The predicted octanol–water partition coefficient (Wildman–Crippen LogP) is 2.96. The minimum absolute atomic E-state index is 0.157. The molecule has 2 aromatic rings. The standard InChI is InChI=1S/C20H21NO5/c1-21-14-4-10-5-16(23-2)17(24-3)7-11(10)15(21)6-13-12(14)8-18-20(19(13)22)26-9-25-18/h5,7-8,14-15,22H,4,6,9H2,1-3H3/t14-,15-/m0/s1. The Kier molecular flexibility index (Phi) is 3.28. The van der Waals surface area contributed by atoms with Gasteiger partial charge in [-0.2, -0.15) is 0 Å². The van der Waals surface area contributed by atoms with Crippen molar-refractivity contribution in [2.45, 2.75) is 24.9 Å². The van der Waals surface area contributed by atoms with Crippen molar-refractivity contribution < 1.29 is 24.1 Å². The van der Waals surface area contributed by atoms with E-state index in [0.29, 0.717) is 17.9 Å². The number of likely N-dealkylation sites (N-methyl/N-ethyl adjacent to an activating group) is 1. The van der Waals surface area contributed by atoms with Gasteiger partial charge in [-0.25, -0.2) is 0 Å². The van der Waals surface area contributed by atoms with Gasteiger partial charge in [-0.15, -0.1) is 0 Å². The molecule has 6 heteroatoms. The van der Waals surface area contributed by atoms with Crippen molar-refractivity contribution >= 4 is 0 Å². The summed E-state index contributed by atoms with van der Waals surface area (Å²) in [5, 5.41) is 10.8. The third-order valence-corrected chi connectivity index (χ3v) is 5.93. The molecule has 0 aromatic heterocycles. The summed E-state index contributed by atoms with van der Waals surface area (Å²) in [7, 11) is 5.45. The highest BCUT2D eigenvalue weighted by Crippen LogP contribution is 2.54. The summed E-state index contributed by atoms with van der Waals surface area (Å²) in [5.74, 6) is 2.81. The first kappa shape index (κ1) is 15.6. The number of benzene rings is 2. The molecule has 0 unspecified atom stereocenters. The van der Waals surface area contributed by atoms with Gasteiger partial charge >= 0.3 is 0 Å². The minimum atomic E-state index is 0.157. The van der Waals surface area contributed by atoms with Crippen molar-refractivity contribution in [1.82, 2.24) is 4.90 Å². The molecule has 0 saturated heterocycles. The summed E-state index contributed by atoms with van der Waals surface area (Å²) in [4.78, 5) is 2.37. The number of ether oxygens (including phenoxy) is 4. The zero-order chi connectivity index (χ0) is 18.0. The average Bonchev–Trinajstić information content (AvgIpc) is 3.11. The summed E-state index contributed by atoms with van der Waals surface area (Å²) in [6.07, 6.45) is 1.56. The topological polar surface area (TPSA) is 60.4 Å². The molecule has 5 rings (SSSR count). The molecular weight excluding hydrogens is 334 g/mol. The molecule has 6 nitrogen and oxygen atoms in total. The van der Waals surface area contributed by atoms with Gasteiger partial charge in [0.1, 0.15) is 0 Å². The van der Waals surface area contributed by atoms with Crippen LogP contribution in [0.3, 0.4) is 0 Å². The van der Waals surface area contributed by atoms with E-state index in [0.717, 1.165) is 29.0 Å². The van der Waals surface area contributed by atoms with Gasteiger partial charge < -0.3 is 24.1 Å². The Balaban J connectivity index is 1.67. The third kappa shape index (κ3) is 1.96. The fraction of sp³-hybridized carbons (Fsp3) is 0.400. The fourth-order valence-corrected chi connectivity index (χ4v) is 4.58. The molecule has 3 aliphatic heterocycles. The number of aromatic hydroxyl groups is 1. The van der Waals surface area contributed by atoms with Gasteiger partial charge in [-0.1, -0.05) is 0 Å². The summed E-state index contributed by atoms with van der Waals surface area (Å²) >= 11 is 0. The van der Waals surface area contributed by atoms with Gasteiger partial charge in [0.2, 0.25) is 12.5 Å². The number of hydrogen-bond acceptors (Lipinski definition) is 6. The molecule has 2 bridgehead atoms. The third-order valence-electron chi connectivity index (χ3n) is 5.93. The maximum absolute atomic E-state index is 10.8. The molecule has 3 heterocycles. The molecule has 2 aromatic carbocycles. The number of rotatable bonds is 2. The van der Waals surface area contributed by atoms with Gasteiger partial charge in [0.15, 0.2) is 23.0 Å². The lowest BCUT2D eigenvalue weighted by molar-refractivity contribution is 0.136. The van der Waals surface area contributed by atoms with Crippen LogP contribution < -0.4 is 18.9 Å². The Morgan fingerprint density at radius 1 is 1.00 bits per heavy atom. The van der Waals surface area contributed by atoms with E-state index in [4.69, 9.17) is 18.9 Å². The molecule has 1 N–H and O–H groups in total. The van der Waals surface area contributed by atoms with Crippen LogP contribution in [-0.4, -0.2) is 38.1 Å². The van der Waals surface area contributed by atoms with E-state index in [-0.39, 0.29) is 24.6 Å². The quantitative estimate of drug-likeness (QED) is 0.894. The molecule has 2 atom stereocenters. The SMILES string of the molecule is COc1cc2c(cc1OC)[C@@H]1Cc3c(cc4c(c3O)OCO4)[C@H](C2)N1C. The molecule has 26 heavy (non-hydrogen) atoms. The predicted molar refractivity (Wildman–Crippen MR) is 94.4 cm³/mol. The number of hydrogen-bond donors (Lipinski definition) is 1. The summed E-state index contributed by atoms with van der Waals surface area (Å²) in [5.41, 5.74) is 4.57. The van der Waals surface area contributed by atoms with Crippen LogP contribution in [0.4, 0.5) is 0 Å². The van der Waals surface area contributed by atoms with E-state index >= 15 is 0 Å². The lowest BCUT2D eigenvalue weighted by atomic mass is 9.76. The van der Waals surface area contributed by atoms with Crippen LogP contribution in [-0.2, 0) is 12.8 Å². The second-order valence-electron chi connectivity index (χ2n) is 7.04. The van der Waals surface area contributed by atoms with E-state index in [1.54, 1.807) is 14.2 Å². The normalized spacial score (nSPS) is 22.6. The first-order valence-corrected chi connectivity index (χ1v) is 8.73. The first-order chi connectivity index (χ1) is 12.6. The minimum Gasteiger partial charge on any atom is -0.504 e. The highest BCUT2D eigenvalue weighted by atomic mass is 16.7. The van der Waals surface area contributed by atoms with Gasteiger partial charge in [0.25, 0.3) is 0 Å². The van der Waals surface area contributed by atoms with E-state index in [2.05, 4.69) is 24.1 Å². The zero-order valence-corrected chi connectivity index (χ0v) is 15.0. The molecular formula is C20H21NO5. The summed E-state index contributed by atoms with van der Waals surface area (Å²) in [6.45, 7) is 0.157. The van der Waals surface area contributed by atoms with Crippen molar-refractivity contribution in [3.05, 3.63) is 40.5 Å². The number of fused-ring (bicyclic) bond motifs is 7. The van der Waals surface area contributed by atoms with Crippen molar-refractivity contribution in [2.75, 3.05) is 28.1 Å². The molecule has 0 radical (unpaired) electrons. The van der Waals surface area contributed by atoms with E-state index < -0.39 is 0 Å². The van der Waals surface area contributed by atoms with Crippen LogP contribution in [0, 0.1) is 0 Å². The molecule has 136 valence electrons. The number of nitrogens with zero attached hydrogens (tertiary/aromatic N) is 1. The van der Waals surface area contributed by atoms with Crippen LogP contribution in [0.15, 0.2) is 18.2 Å². The zero-order valence-electron chi connectivity index (χ0n) is 15.0.